The molecule has 0 fully saturated rings. The van der Waals surface area contributed by atoms with Crippen LogP contribution in [-0.2, 0) is 0 Å². The van der Waals surface area contributed by atoms with E-state index in [4.69, 9.17) is 5.41 Å². The average molecular weight is 113 g/mol. The lowest BCUT2D eigenvalue weighted by Crippen LogP contribution is -1.21. The summed E-state index contributed by atoms with van der Waals surface area (Å²) in [6, 6.07) is 0. The Morgan fingerprint density at radius 1 is 1.00 bits per heavy atom. The molecule has 0 spiro atoms. The highest BCUT2D eigenvalue weighted by molar-refractivity contribution is 5.15. The molecule has 8 heavy (non-hydrogen) atoms. The fraction of sp³-hybridized carbons (Fsp3) is 0.286. The van der Waals surface area contributed by atoms with Crippen LogP contribution < -0.4 is 0 Å². The first-order valence-electron chi connectivity index (χ1n) is 2.50. The van der Waals surface area contributed by atoms with Crippen LogP contribution in [0.5, 0.6) is 0 Å². The number of hydrogen-bond donors (Lipinski definition) is 1. The third-order valence-corrected chi connectivity index (χ3v) is 0.167. The van der Waals surface area contributed by atoms with Gasteiger partial charge in [-0.1, -0.05) is 39.2 Å². The van der Waals surface area contributed by atoms with Crippen LogP contribution in [0.25, 0.3) is 0 Å². The van der Waals surface area contributed by atoms with E-state index in [1.807, 2.05) is 13.8 Å². The summed E-state index contributed by atoms with van der Waals surface area (Å²) in [5.41, 5.74) is 0. The quantitative estimate of drug-likeness (QED) is 0.399. The average Bonchev–Trinajstić information content (AvgIpc) is 1.96. The number of nitrogens with one attached hydrogen (secondary N) is 1. The van der Waals surface area contributed by atoms with Crippen LogP contribution in [0, 0.1) is 5.41 Å². The van der Waals surface area contributed by atoms with Crippen molar-refractivity contribution in [1.29, 1.82) is 5.41 Å². The van der Waals surface area contributed by atoms with Gasteiger partial charge in [0.15, 0.2) is 0 Å². The second kappa shape index (κ2) is 123. The van der Waals surface area contributed by atoms with Gasteiger partial charge < -0.3 is 5.41 Å². The predicted molar refractivity (Wildman–Crippen MR) is 41.6 cm³/mol. The molecule has 0 radical (unpaired) electrons. The van der Waals surface area contributed by atoms with Gasteiger partial charge in [0.1, 0.15) is 0 Å². The molecule has 0 aromatic carbocycles. The van der Waals surface area contributed by atoms with Crippen LogP contribution in [0.4, 0.5) is 0 Å². The van der Waals surface area contributed by atoms with Crippen LogP contribution >= 0.6 is 0 Å². The van der Waals surface area contributed by atoms with Gasteiger partial charge in [0, 0.05) is 0 Å². The topological polar surface area (TPSA) is 23.9 Å². The minimum absolute atomic E-state index is 1.64. The molecule has 1 N–H and O–H groups in total. The Labute approximate surface area is 52.2 Å². The van der Waals surface area contributed by atoms with E-state index in [2.05, 4.69) is 19.9 Å². The molecule has 0 rings (SSSR count). The second-order valence-corrected chi connectivity index (χ2v) is 0.471. The van der Waals surface area contributed by atoms with Gasteiger partial charge in [0.05, 0.1) is 0 Å². The molecule has 0 aromatic heterocycles. The molecule has 0 amide bonds. The van der Waals surface area contributed by atoms with Crippen molar-refractivity contribution in [2.45, 2.75) is 13.8 Å². The summed E-state index contributed by atoms with van der Waals surface area (Å²) in [5, 5.41) is 5.50. The summed E-state index contributed by atoms with van der Waals surface area (Å²) >= 11 is 0. The highest BCUT2D eigenvalue weighted by atomic mass is 14.2. The van der Waals surface area contributed by atoms with E-state index in [9.17, 15) is 0 Å². The van der Waals surface area contributed by atoms with Gasteiger partial charge in [-0.25, -0.2) is 0 Å². The van der Waals surface area contributed by atoms with Crippen molar-refractivity contribution >= 4 is 6.72 Å². The highest BCUT2D eigenvalue weighted by Gasteiger charge is 1.29. The minimum atomic E-state index is 1.64. The molecule has 0 atom stereocenters. The van der Waals surface area contributed by atoms with Crippen LogP contribution in [0.2, 0.25) is 0 Å². The third-order valence-electron chi connectivity index (χ3n) is 0.167. The summed E-state index contributed by atoms with van der Waals surface area (Å²) in [5.74, 6) is 0. The molecule has 0 unspecified atom stereocenters. The van der Waals surface area contributed by atoms with Crippen molar-refractivity contribution in [2.24, 2.45) is 0 Å². The lowest BCUT2D eigenvalue weighted by atomic mass is 10.6. The molecule has 0 aliphatic carbocycles. The maximum absolute atomic E-state index is 5.50. The van der Waals surface area contributed by atoms with E-state index in [-0.39, 0.29) is 0 Å². The molecule has 0 saturated carbocycles. The van der Waals surface area contributed by atoms with E-state index in [0.29, 0.717) is 0 Å². The van der Waals surface area contributed by atoms with Crippen molar-refractivity contribution in [3.63, 3.8) is 0 Å². The molecule has 0 bridgehead atoms. The molecule has 0 aromatic rings. The smallest absolute Gasteiger partial charge is 0.0187 e. The maximum atomic E-state index is 5.50. The van der Waals surface area contributed by atoms with Crippen LogP contribution in [0.1, 0.15) is 13.8 Å². The van der Waals surface area contributed by atoms with Gasteiger partial charge in [-0.2, -0.15) is 0 Å². The number of hydrogen-bond acceptors (Lipinski definition) is 1. The molecule has 0 aliphatic rings. The van der Waals surface area contributed by atoms with Crippen molar-refractivity contribution in [2.75, 3.05) is 0 Å². The van der Waals surface area contributed by atoms with Crippen molar-refractivity contribution < 1.29 is 0 Å². The summed E-state index contributed by atoms with van der Waals surface area (Å²) in [4.78, 5) is 0. The first-order chi connectivity index (χ1) is 3.91. The van der Waals surface area contributed by atoms with Crippen LogP contribution in [-0.4, -0.2) is 6.72 Å². The summed E-state index contributed by atoms with van der Waals surface area (Å²) in [6.45, 7) is 13.2. The predicted octanol–water partition coefficient (Wildman–Crippen LogP) is 2.65. The van der Waals surface area contributed by atoms with Crippen LogP contribution in [0.15, 0.2) is 25.3 Å². The molecular formula is C7H15N. The van der Waals surface area contributed by atoms with E-state index in [0.717, 1.165) is 0 Å². The lowest BCUT2D eigenvalue weighted by molar-refractivity contribution is 1.50. The van der Waals surface area contributed by atoms with Crippen LogP contribution in [0.3, 0.4) is 0 Å². The van der Waals surface area contributed by atoms with Gasteiger partial charge >= 0.3 is 0 Å². The highest BCUT2D eigenvalue weighted by Crippen LogP contribution is 1.52. The molecule has 1 nitrogen and oxygen atoms in total. The molecule has 48 valence electrons. The minimum Gasteiger partial charge on any atom is -0.317 e. The van der Waals surface area contributed by atoms with E-state index < -0.39 is 0 Å². The Kier molecular flexibility index (Phi) is 242. The summed E-state index contributed by atoms with van der Waals surface area (Å²) < 4.78 is 0. The van der Waals surface area contributed by atoms with Gasteiger partial charge in [-0.3, -0.25) is 0 Å². The normalized spacial score (nSPS) is 3.75. The fourth-order valence-corrected chi connectivity index (χ4v) is 0. The summed E-state index contributed by atoms with van der Waals surface area (Å²) in [6.07, 6.45) is 3.28. The molecule has 0 heterocycles. The zero-order valence-electron chi connectivity index (χ0n) is 5.78. The Bertz CT molecular complexity index is 33.7. The van der Waals surface area contributed by atoms with E-state index >= 15 is 0 Å². The van der Waals surface area contributed by atoms with Crippen molar-refractivity contribution in [3.8, 4) is 0 Å². The standard InChI is InChI=1S/C4H6.C2H6.CH3N/c1-3-4-2;2*1-2/h3-4H,1-2H2;1-2H3;2H,1H2. The zero-order chi connectivity index (χ0) is 7.41. The first kappa shape index (κ1) is 15.7. The fourth-order valence-electron chi connectivity index (χ4n) is 0. The third kappa shape index (κ3) is 3940. The van der Waals surface area contributed by atoms with Gasteiger partial charge in [-0.05, 0) is 6.72 Å². The number of rotatable bonds is 1. The maximum Gasteiger partial charge on any atom is -0.0187 e. The zero-order valence-corrected chi connectivity index (χ0v) is 5.78. The van der Waals surface area contributed by atoms with Gasteiger partial charge in [0.25, 0.3) is 0 Å². The molecule has 0 saturated heterocycles. The van der Waals surface area contributed by atoms with Crippen molar-refractivity contribution in [3.05, 3.63) is 25.3 Å². The Morgan fingerprint density at radius 2 is 1.12 bits per heavy atom. The molecule has 1 heteroatoms. The van der Waals surface area contributed by atoms with Crippen molar-refractivity contribution in [1.82, 2.24) is 0 Å². The second-order valence-electron chi connectivity index (χ2n) is 0.471. The monoisotopic (exact) mass is 113 g/mol. The van der Waals surface area contributed by atoms with Gasteiger partial charge in [-0.15, -0.1) is 0 Å². The Morgan fingerprint density at radius 3 is 1.12 bits per heavy atom. The Balaban J connectivity index is -0.0000000542. The number of allylic oxidation sites excluding steroid dienone is 2. The van der Waals surface area contributed by atoms with E-state index in [1.165, 1.54) is 0 Å². The SMILES string of the molecule is C=CC=C.C=N.CC. The lowest BCUT2D eigenvalue weighted by Gasteiger charge is -1.44. The summed E-state index contributed by atoms with van der Waals surface area (Å²) in [7, 11) is 0. The Hall–Kier alpha value is -0.850. The first-order valence-corrected chi connectivity index (χ1v) is 2.50. The largest absolute Gasteiger partial charge is 0.317 e. The molecular weight excluding hydrogens is 98.1 g/mol. The van der Waals surface area contributed by atoms with Gasteiger partial charge in [0.2, 0.25) is 0 Å². The molecule has 0 aliphatic heterocycles. The van der Waals surface area contributed by atoms with E-state index in [1.54, 1.807) is 12.2 Å².